The second-order valence-corrected chi connectivity index (χ2v) is 4.26. The van der Waals surface area contributed by atoms with Gasteiger partial charge < -0.3 is 14.6 Å². The van der Waals surface area contributed by atoms with Crippen LogP contribution in [0.25, 0.3) is 10.9 Å². The van der Waals surface area contributed by atoms with Gasteiger partial charge in [-0.15, -0.1) is 0 Å². The van der Waals surface area contributed by atoms with Crippen molar-refractivity contribution in [2.24, 2.45) is 7.05 Å². The van der Waals surface area contributed by atoms with E-state index in [0.29, 0.717) is 19.7 Å². The first-order valence-electron chi connectivity index (χ1n) is 6.01. The lowest BCUT2D eigenvalue weighted by molar-refractivity contribution is 0.0989. The molecule has 0 saturated carbocycles. The first-order valence-corrected chi connectivity index (χ1v) is 6.01. The minimum Gasteiger partial charge on any atom is -0.383 e. The van der Waals surface area contributed by atoms with Crippen molar-refractivity contribution in [3.63, 3.8) is 0 Å². The number of carbonyl (C=O) groups is 1. The standard InChI is InChI=1S/C14H18N2O2/c1-16-10-12(11-5-3-4-6-13(11)16)14(17)9-15-7-8-18-2/h3-6,10,15H,7-9H2,1-2H3. The van der Waals surface area contributed by atoms with Crippen molar-refractivity contribution >= 4 is 16.7 Å². The molecule has 0 aliphatic carbocycles. The fourth-order valence-corrected chi connectivity index (χ4v) is 2.04. The van der Waals surface area contributed by atoms with Gasteiger partial charge in [-0.3, -0.25) is 4.79 Å². The molecule has 0 aliphatic heterocycles. The van der Waals surface area contributed by atoms with Gasteiger partial charge in [0, 0.05) is 43.4 Å². The Kier molecular flexibility index (Phi) is 4.12. The van der Waals surface area contributed by atoms with E-state index in [4.69, 9.17) is 4.74 Å². The zero-order chi connectivity index (χ0) is 13.0. The fourth-order valence-electron chi connectivity index (χ4n) is 2.04. The molecule has 1 aromatic carbocycles. The number of ketones is 1. The van der Waals surface area contributed by atoms with Crippen molar-refractivity contribution in [1.29, 1.82) is 0 Å². The summed E-state index contributed by atoms with van der Waals surface area (Å²) in [6, 6.07) is 7.94. The lowest BCUT2D eigenvalue weighted by Crippen LogP contribution is -2.26. The van der Waals surface area contributed by atoms with Crippen LogP contribution in [0.5, 0.6) is 0 Å². The third-order valence-corrected chi connectivity index (χ3v) is 2.97. The van der Waals surface area contributed by atoms with E-state index in [9.17, 15) is 4.79 Å². The summed E-state index contributed by atoms with van der Waals surface area (Å²) in [7, 11) is 3.60. The predicted octanol–water partition coefficient (Wildman–Crippen LogP) is 1.60. The monoisotopic (exact) mass is 246 g/mol. The smallest absolute Gasteiger partial charge is 0.178 e. The van der Waals surface area contributed by atoms with Gasteiger partial charge in [0.1, 0.15) is 0 Å². The van der Waals surface area contributed by atoms with Gasteiger partial charge in [-0.2, -0.15) is 0 Å². The molecule has 0 spiro atoms. The van der Waals surface area contributed by atoms with E-state index >= 15 is 0 Å². The zero-order valence-electron chi connectivity index (χ0n) is 10.8. The summed E-state index contributed by atoms with van der Waals surface area (Å²) in [5.74, 6) is 0.114. The average Bonchev–Trinajstić information content (AvgIpc) is 2.73. The van der Waals surface area contributed by atoms with Crippen LogP contribution in [0.3, 0.4) is 0 Å². The SMILES string of the molecule is COCCNCC(=O)c1cn(C)c2ccccc12. The number of Topliss-reactive ketones (excluding diaryl/α,β-unsaturated/α-hetero) is 1. The van der Waals surface area contributed by atoms with Crippen molar-refractivity contribution in [2.45, 2.75) is 0 Å². The number of rotatable bonds is 6. The molecule has 1 N–H and O–H groups in total. The highest BCUT2D eigenvalue weighted by Crippen LogP contribution is 2.20. The van der Waals surface area contributed by atoms with Gasteiger partial charge in [0.15, 0.2) is 5.78 Å². The second-order valence-electron chi connectivity index (χ2n) is 4.26. The molecule has 2 rings (SSSR count). The van der Waals surface area contributed by atoms with Crippen LogP contribution in [0.2, 0.25) is 0 Å². The van der Waals surface area contributed by atoms with Crippen molar-refractivity contribution < 1.29 is 9.53 Å². The number of carbonyl (C=O) groups excluding carboxylic acids is 1. The number of nitrogens with zero attached hydrogens (tertiary/aromatic N) is 1. The van der Waals surface area contributed by atoms with Crippen LogP contribution >= 0.6 is 0 Å². The van der Waals surface area contributed by atoms with Gasteiger partial charge in [0.2, 0.25) is 0 Å². The van der Waals surface area contributed by atoms with E-state index in [1.807, 2.05) is 42.1 Å². The molecule has 1 heterocycles. The van der Waals surface area contributed by atoms with Crippen LogP contribution in [0.15, 0.2) is 30.5 Å². The number of hydrogen-bond acceptors (Lipinski definition) is 3. The normalized spacial score (nSPS) is 11.0. The predicted molar refractivity (Wildman–Crippen MR) is 72.0 cm³/mol. The molecule has 4 heteroatoms. The Morgan fingerprint density at radius 1 is 1.39 bits per heavy atom. The maximum Gasteiger partial charge on any atom is 0.178 e. The molecule has 0 fully saturated rings. The minimum atomic E-state index is 0.114. The van der Waals surface area contributed by atoms with E-state index < -0.39 is 0 Å². The highest BCUT2D eigenvalue weighted by Gasteiger charge is 2.12. The highest BCUT2D eigenvalue weighted by molar-refractivity contribution is 6.09. The Balaban J connectivity index is 2.13. The molecule has 18 heavy (non-hydrogen) atoms. The molecule has 0 aliphatic rings. The Bertz CT molecular complexity index is 546. The molecule has 0 atom stereocenters. The van der Waals surface area contributed by atoms with Crippen molar-refractivity contribution in [3.05, 3.63) is 36.0 Å². The number of nitrogens with one attached hydrogen (secondary N) is 1. The summed E-state index contributed by atoms with van der Waals surface area (Å²) in [5, 5.41) is 4.09. The third kappa shape index (κ3) is 2.60. The van der Waals surface area contributed by atoms with E-state index in [0.717, 1.165) is 16.5 Å². The zero-order valence-corrected chi connectivity index (χ0v) is 10.8. The van der Waals surface area contributed by atoms with Crippen molar-refractivity contribution in [2.75, 3.05) is 26.8 Å². The largest absolute Gasteiger partial charge is 0.383 e. The first kappa shape index (κ1) is 12.8. The Labute approximate surface area is 107 Å². The first-order chi connectivity index (χ1) is 8.74. The molecule has 96 valence electrons. The van der Waals surface area contributed by atoms with E-state index in [1.165, 1.54) is 0 Å². The Morgan fingerprint density at radius 2 is 2.17 bits per heavy atom. The van der Waals surface area contributed by atoms with E-state index in [1.54, 1.807) is 7.11 Å². The van der Waals surface area contributed by atoms with E-state index in [2.05, 4.69) is 5.32 Å². The summed E-state index contributed by atoms with van der Waals surface area (Å²) < 4.78 is 6.91. The number of aryl methyl sites for hydroxylation is 1. The number of methoxy groups -OCH3 is 1. The average molecular weight is 246 g/mol. The third-order valence-electron chi connectivity index (χ3n) is 2.97. The van der Waals surface area contributed by atoms with Crippen LogP contribution in [0.1, 0.15) is 10.4 Å². The topological polar surface area (TPSA) is 43.3 Å². The summed E-state index contributed by atoms with van der Waals surface area (Å²) >= 11 is 0. The molecular formula is C14H18N2O2. The molecule has 0 unspecified atom stereocenters. The molecule has 4 nitrogen and oxygen atoms in total. The number of ether oxygens (including phenoxy) is 1. The van der Waals surface area contributed by atoms with Crippen LogP contribution in [-0.2, 0) is 11.8 Å². The molecule has 0 amide bonds. The maximum absolute atomic E-state index is 12.1. The van der Waals surface area contributed by atoms with Gasteiger partial charge in [-0.05, 0) is 6.07 Å². The molecule has 0 saturated heterocycles. The summed E-state index contributed by atoms with van der Waals surface area (Å²) in [6.45, 7) is 1.65. The minimum absolute atomic E-state index is 0.114. The van der Waals surface area contributed by atoms with Gasteiger partial charge in [0.05, 0.1) is 13.2 Å². The Morgan fingerprint density at radius 3 is 2.94 bits per heavy atom. The second kappa shape index (κ2) is 5.80. The fraction of sp³-hybridized carbons (Fsp3) is 0.357. The number of aromatic nitrogens is 1. The van der Waals surface area contributed by atoms with Crippen LogP contribution in [0, 0.1) is 0 Å². The van der Waals surface area contributed by atoms with E-state index in [-0.39, 0.29) is 5.78 Å². The van der Waals surface area contributed by atoms with Gasteiger partial charge >= 0.3 is 0 Å². The summed E-state index contributed by atoms with van der Waals surface area (Å²) in [5.41, 5.74) is 1.86. The Hall–Kier alpha value is -1.65. The van der Waals surface area contributed by atoms with Gasteiger partial charge in [-0.1, -0.05) is 18.2 Å². The molecule has 1 aromatic heterocycles. The van der Waals surface area contributed by atoms with Crippen molar-refractivity contribution in [1.82, 2.24) is 9.88 Å². The van der Waals surface area contributed by atoms with Gasteiger partial charge in [0.25, 0.3) is 0 Å². The van der Waals surface area contributed by atoms with Crippen molar-refractivity contribution in [3.8, 4) is 0 Å². The molecule has 0 radical (unpaired) electrons. The molecule has 0 bridgehead atoms. The lowest BCUT2D eigenvalue weighted by atomic mass is 10.1. The maximum atomic E-state index is 12.1. The van der Waals surface area contributed by atoms with Crippen LogP contribution < -0.4 is 5.32 Å². The highest BCUT2D eigenvalue weighted by atomic mass is 16.5. The number of benzene rings is 1. The lowest BCUT2D eigenvalue weighted by Gasteiger charge is -2.02. The van der Waals surface area contributed by atoms with Crippen LogP contribution in [-0.4, -0.2) is 37.2 Å². The molecule has 2 aromatic rings. The number of hydrogen-bond donors (Lipinski definition) is 1. The summed E-state index contributed by atoms with van der Waals surface area (Å²) in [4.78, 5) is 12.1. The summed E-state index contributed by atoms with van der Waals surface area (Å²) in [6.07, 6.45) is 1.89. The van der Waals surface area contributed by atoms with Gasteiger partial charge in [-0.25, -0.2) is 0 Å². The number of fused-ring (bicyclic) bond motifs is 1. The quantitative estimate of drug-likeness (QED) is 0.622. The molecular weight excluding hydrogens is 228 g/mol. The van der Waals surface area contributed by atoms with Crippen LogP contribution in [0.4, 0.5) is 0 Å². The number of para-hydroxylation sites is 1.